The van der Waals surface area contributed by atoms with Crippen LogP contribution in [0.5, 0.6) is 0 Å². The van der Waals surface area contributed by atoms with Gasteiger partial charge in [0.2, 0.25) is 0 Å². The molecule has 0 atom stereocenters. The number of halogens is 3. The van der Waals surface area contributed by atoms with Gasteiger partial charge < -0.3 is 15.2 Å². The molecular formula is C15H26F2IN5O. The van der Waals surface area contributed by atoms with Crippen molar-refractivity contribution in [2.45, 2.75) is 45.2 Å². The second-order valence-electron chi connectivity index (χ2n) is 5.67. The Morgan fingerprint density at radius 3 is 2.71 bits per heavy atom. The van der Waals surface area contributed by atoms with Gasteiger partial charge in [0.15, 0.2) is 11.7 Å². The smallest absolute Gasteiger partial charge is 0.251 e. The molecule has 6 nitrogen and oxygen atoms in total. The fraction of sp³-hybridized carbons (Fsp3) is 0.733. The number of alkyl halides is 2. The number of likely N-dealkylation sites (tertiary alicyclic amines) is 1. The maximum absolute atomic E-state index is 12.4. The van der Waals surface area contributed by atoms with Crippen LogP contribution in [0.15, 0.2) is 15.6 Å². The highest BCUT2D eigenvalue weighted by molar-refractivity contribution is 14.0. The minimum Gasteiger partial charge on any atom is -0.359 e. The second-order valence-corrected chi connectivity index (χ2v) is 5.67. The summed E-state index contributed by atoms with van der Waals surface area (Å²) >= 11 is 0. The normalized spacial score (nSPS) is 17.0. The predicted molar refractivity (Wildman–Crippen MR) is 100 cm³/mol. The molecule has 0 aromatic carbocycles. The van der Waals surface area contributed by atoms with Crippen molar-refractivity contribution in [3.63, 3.8) is 0 Å². The summed E-state index contributed by atoms with van der Waals surface area (Å²) in [6, 6.07) is 2.17. The molecule has 0 aliphatic carbocycles. The number of aromatic nitrogens is 1. The molecule has 1 aromatic rings. The van der Waals surface area contributed by atoms with Crippen LogP contribution in [-0.2, 0) is 13.0 Å². The van der Waals surface area contributed by atoms with E-state index in [1.54, 1.807) is 11.9 Å². The molecule has 138 valence electrons. The number of piperidine rings is 1. The lowest BCUT2D eigenvalue weighted by Gasteiger charge is -2.32. The number of rotatable bonds is 6. The maximum Gasteiger partial charge on any atom is 0.251 e. The zero-order valence-electron chi connectivity index (χ0n) is 14.1. The molecule has 1 saturated heterocycles. The molecular weight excluding hydrogens is 431 g/mol. The second kappa shape index (κ2) is 10.8. The van der Waals surface area contributed by atoms with Crippen LogP contribution < -0.4 is 10.6 Å². The molecule has 0 amide bonds. The molecule has 2 heterocycles. The molecule has 1 aromatic heterocycles. The van der Waals surface area contributed by atoms with E-state index in [2.05, 4.69) is 20.8 Å². The van der Waals surface area contributed by atoms with Crippen molar-refractivity contribution < 1.29 is 13.3 Å². The van der Waals surface area contributed by atoms with Gasteiger partial charge in [-0.2, -0.15) is 0 Å². The van der Waals surface area contributed by atoms with E-state index in [0.29, 0.717) is 25.6 Å². The van der Waals surface area contributed by atoms with E-state index in [0.717, 1.165) is 30.7 Å². The number of hydrogen-bond donors (Lipinski definition) is 2. The first-order valence-corrected chi connectivity index (χ1v) is 8.02. The Hall–Kier alpha value is -0.970. The van der Waals surface area contributed by atoms with E-state index in [-0.39, 0.29) is 36.6 Å². The van der Waals surface area contributed by atoms with Gasteiger partial charge in [0.25, 0.3) is 6.43 Å². The molecule has 0 saturated carbocycles. The lowest BCUT2D eigenvalue weighted by atomic mass is 10.1. The molecule has 1 aliphatic heterocycles. The summed E-state index contributed by atoms with van der Waals surface area (Å²) in [5.74, 6) is 1.45. The van der Waals surface area contributed by atoms with Crippen molar-refractivity contribution in [1.29, 1.82) is 0 Å². The summed E-state index contributed by atoms with van der Waals surface area (Å²) in [5, 5.41) is 10.5. The third-order valence-corrected chi connectivity index (χ3v) is 3.95. The topological polar surface area (TPSA) is 65.7 Å². The lowest BCUT2D eigenvalue weighted by molar-refractivity contribution is 0.0744. The number of guanidine groups is 1. The van der Waals surface area contributed by atoms with Gasteiger partial charge in [0.05, 0.1) is 18.8 Å². The Morgan fingerprint density at radius 1 is 1.46 bits per heavy atom. The summed E-state index contributed by atoms with van der Waals surface area (Å²) in [6.45, 7) is 3.76. The van der Waals surface area contributed by atoms with Gasteiger partial charge >= 0.3 is 0 Å². The zero-order valence-corrected chi connectivity index (χ0v) is 16.4. The quantitative estimate of drug-likeness (QED) is 0.390. The van der Waals surface area contributed by atoms with Crippen LogP contribution in [0, 0.1) is 0 Å². The van der Waals surface area contributed by atoms with Crippen molar-refractivity contribution in [3.8, 4) is 0 Å². The number of aliphatic imine (C=N–C) groups is 1. The van der Waals surface area contributed by atoms with Crippen LogP contribution in [0.1, 0.15) is 31.2 Å². The van der Waals surface area contributed by atoms with E-state index in [4.69, 9.17) is 4.52 Å². The highest BCUT2D eigenvalue weighted by atomic mass is 127. The number of aryl methyl sites for hydroxylation is 1. The van der Waals surface area contributed by atoms with Gasteiger partial charge in [-0.05, 0) is 19.3 Å². The SMILES string of the molecule is CCc1cc(CNC(=NC)NC2CCN(CC(F)F)CC2)on1.I. The summed E-state index contributed by atoms with van der Waals surface area (Å²) < 4.78 is 30.0. The van der Waals surface area contributed by atoms with Crippen molar-refractivity contribution in [2.24, 2.45) is 4.99 Å². The average Bonchev–Trinajstić information content (AvgIpc) is 3.00. The van der Waals surface area contributed by atoms with Gasteiger partial charge in [0.1, 0.15) is 0 Å². The van der Waals surface area contributed by atoms with Crippen molar-refractivity contribution in [1.82, 2.24) is 20.7 Å². The molecule has 2 N–H and O–H groups in total. The van der Waals surface area contributed by atoms with Crippen LogP contribution in [0.2, 0.25) is 0 Å². The summed E-state index contributed by atoms with van der Waals surface area (Å²) in [7, 11) is 1.71. The summed E-state index contributed by atoms with van der Waals surface area (Å²) in [5.41, 5.74) is 0.927. The van der Waals surface area contributed by atoms with Crippen LogP contribution in [-0.4, -0.2) is 55.2 Å². The summed E-state index contributed by atoms with van der Waals surface area (Å²) in [4.78, 5) is 6.00. The third kappa shape index (κ3) is 6.88. The van der Waals surface area contributed by atoms with Gasteiger partial charge in [-0.1, -0.05) is 12.1 Å². The van der Waals surface area contributed by atoms with Crippen LogP contribution in [0.4, 0.5) is 8.78 Å². The minimum absolute atomic E-state index is 0. The lowest BCUT2D eigenvalue weighted by Crippen LogP contribution is -2.49. The van der Waals surface area contributed by atoms with Crippen LogP contribution >= 0.6 is 24.0 Å². The minimum atomic E-state index is -2.26. The molecule has 2 rings (SSSR count). The number of nitrogens with zero attached hydrogens (tertiary/aromatic N) is 3. The highest BCUT2D eigenvalue weighted by Gasteiger charge is 2.22. The zero-order chi connectivity index (χ0) is 16.7. The first-order valence-electron chi connectivity index (χ1n) is 8.02. The first-order chi connectivity index (χ1) is 11.1. The molecule has 0 unspecified atom stereocenters. The average molecular weight is 457 g/mol. The van der Waals surface area contributed by atoms with Crippen molar-refractivity contribution >= 4 is 29.9 Å². The predicted octanol–water partition coefficient (Wildman–Crippen LogP) is 2.25. The van der Waals surface area contributed by atoms with Crippen molar-refractivity contribution in [2.75, 3.05) is 26.7 Å². The number of nitrogens with one attached hydrogen (secondary N) is 2. The molecule has 1 aliphatic rings. The third-order valence-electron chi connectivity index (χ3n) is 3.95. The standard InChI is InChI=1S/C15H25F2N5O.HI/c1-3-11-8-13(23-21-11)9-19-15(18-2)20-12-4-6-22(7-5-12)10-14(16)17;/h8,12,14H,3-7,9-10H2,1-2H3,(H2,18,19,20);1H. The molecule has 1 fully saturated rings. The van der Waals surface area contributed by atoms with Crippen LogP contribution in [0.25, 0.3) is 0 Å². The van der Waals surface area contributed by atoms with Gasteiger partial charge in [-0.25, -0.2) is 8.78 Å². The van der Waals surface area contributed by atoms with E-state index in [9.17, 15) is 8.78 Å². The van der Waals surface area contributed by atoms with Gasteiger partial charge in [-0.3, -0.25) is 9.89 Å². The Balaban J connectivity index is 0.00000288. The molecule has 0 bridgehead atoms. The summed E-state index contributed by atoms with van der Waals surface area (Å²) in [6.07, 6.45) is 0.239. The van der Waals surface area contributed by atoms with Gasteiger partial charge in [-0.15, -0.1) is 24.0 Å². The maximum atomic E-state index is 12.4. The van der Waals surface area contributed by atoms with Crippen LogP contribution in [0.3, 0.4) is 0 Å². The first kappa shape index (κ1) is 21.1. The monoisotopic (exact) mass is 457 g/mol. The molecule has 0 spiro atoms. The number of hydrogen-bond acceptors (Lipinski definition) is 4. The molecule has 24 heavy (non-hydrogen) atoms. The Kier molecular flexibility index (Phi) is 9.49. The van der Waals surface area contributed by atoms with Crippen molar-refractivity contribution in [3.05, 3.63) is 17.5 Å². The largest absolute Gasteiger partial charge is 0.359 e. The van der Waals surface area contributed by atoms with E-state index < -0.39 is 6.43 Å². The Bertz CT molecular complexity index is 504. The Labute approximate surface area is 158 Å². The molecule has 0 radical (unpaired) electrons. The fourth-order valence-corrected chi connectivity index (χ4v) is 2.62. The van der Waals surface area contributed by atoms with E-state index >= 15 is 0 Å². The van der Waals surface area contributed by atoms with E-state index in [1.165, 1.54) is 0 Å². The Morgan fingerprint density at radius 2 is 2.17 bits per heavy atom. The van der Waals surface area contributed by atoms with Gasteiger partial charge in [0, 0.05) is 32.2 Å². The molecule has 9 heteroatoms. The van der Waals surface area contributed by atoms with E-state index in [1.807, 2.05) is 13.0 Å². The fourth-order valence-electron chi connectivity index (χ4n) is 2.62. The highest BCUT2D eigenvalue weighted by Crippen LogP contribution is 2.12.